The summed E-state index contributed by atoms with van der Waals surface area (Å²) in [6.07, 6.45) is 3.27. The summed E-state index contributed by atoms with van der Waals surface area (Å²) in [6.45, 7) is 2.78. The summed E-state index contributed by atoms with van der Waals surface area (Å²) >= 11 is 0. The maximum atomic E-state index is 12.5. The fourth-order valence-electron chi connectivity index (χ4n) is 2.47. The number of carbonyl (C=O) groups is 3. The third-order valence-corrected chi connectivity index (χ3v) is 3.61. The van der Waals surface area contributed by atoms with Gasteiger partial charge in [-0.15, -0.1) is 0 Å². The first-order valence-corrected chi connectivity index (χ1v) is 7.61. The fraction of sp³-hybridized carbons (Fsp3) is 0.714. The molecule has 0 unspecified atom stereocenters. The maximum absolute atomic E-state index is 12.5. The molecule has 1 fully saturated rings. The molecule has 0 aliphatic carbocycles. The number of hydrogen-bond donors (Lipinski definition) is 3. The van der Waals surface area contributed by atoms with Gasteiger partial charge in [-0.2, -0.15) is 0 Å². The molecule has 0 radical (unpaired) electrons. The second-order valence-electron chi connectivity index (χ2n) is 5.26. The second-order valence-corrected chi connectivity index (χ2v) is 5.26. The van der Waals surface area contributed by atoms with Gasteiger partial charge in [-0.25, -0.2) is 0 Å². The van der Waals surface area contributed by atoms with Crippen LogP contribution in [0, 0.1) is 0 Å². The highest BCUT2D eigenvalue weighted by atomic mass is 16.2. The van der Waals surface area contributed by atoms with E-state index in [2.05, 4.69) is 10.3 Å². The quantitative estimate of drug-likeness (QED) is 0.231. The Bertz CT molecular complexity index is 428. The van der Waals surface area contributed by atoms with Gasteiger partial charge in [0.2, 0.25) is 11.8 Å². The van der Waals surface area contributed by atoms with Gasteiger partial charge in [0.25, 0.3) is 0 Å². The van der Waals surface area contributed by atoms with Crippen LogP contribution in [0.15, 0.2) is 4.99 Å². The average molecular weight is 311 g/mol. The fourth-order valence-corrected chi connectivity index (χ4v) is 2.47. The topological polar surface area (TPSA) is 131 Å². The molecule has 0 aromatic rings. The predicted octanol–water partition coefficient (Wildman–Crippen LogP) is -0.875. The van der Waals surface area contributed by atoms with Crippen LogP contribution in [0.4, 0.5) is 0 Å². The highest BCUT2D eigenvalue weighted by Crippen LogP contribution is 2.14. The molecule has 1 heterocycles. The minimum absolute atomic E-state index is 0.0182. The van der Waals surface area contributed by atoms with Gasteiger partial charge in [0.1, 0.15) is 6.29 Å². The SMILES string of the molecule is CCC(=O)N(C(=O)[C@@H]1CCCN1)[C@H](C=O)CCCN=C(N)N. The van der Waals surface area contributed by atoms with Gasteiger partial charge in [-0.05, 0) is 32.2 Å². The molecule has 5 N–H and O–H groups in total. The zero-order valence-corrected chi connectivity index (χ0v) is 13.0. The van der Waals surface area contributed by atoms with Gasteiger partial charge in [0.15, 0.2) is 5.96 Å². The minimum atomic E-state index is -0.767. The van der Waals surface area contributed by atoms with Crippen LogP contribution in [0.25, 0.3) is 0 Å². The molecule has 8 heteroatoms. The number of nitrogens with zero attached hydrogens (tertiary/aromatic N) is 2. The molecule has 0 saturated carbocycles. The molecule has 2 atom stereocenters. The first-order valence-electron chi connectivity index (χ1n) is 7.61. The number of aldehydes is 1. The van der Waals surface area contributed by atoms with Crippen molar-refractivity contribution in [2.45, 2.75) is 51.1 Å². The predicted molar refractivity (Wildman–Crippen MR) is 82.9 cm³/mol. The molecule has 1 aliphatic heterocycles. The molecular weight excluding hydrogens is 286 g/mol. The summed E-state index contributed by atoms with van der Waals surface area (Å²) in [5.74, 6) is -0.670. The van der Waals surface area contributed by atoms with Crippen LogP contribution in [0.3, 0.4) is 0 Å². The van der Waals surface area contributed by atoms with E-state index >= 15 is 0 Å². The summed E-state index contributed by atoms with van der Waals surface area (Å²) in [6, 6.07) is -1.15. The molecule has 1 rings (SSSR count). The van der Waals surface area contributed by atoms with E-state index in [1.807, 2.05) is 0 Å². The van der Waals surface area contributed by atoms with Crippen molar-refractivity contribution in [3.8, 4) is 0 Å². The van der Waals surface area contributed by atoms with Crippen molar-refractivity contribution >= 4 is 24.1 Å². The van der Waals surface area contributed by atoms with E-state index in [1.165, 1.54) is 0 Å². The van der Waals surface area contributed by atoms with E-state index in [9.17, 15) is 14.4 Å². The third-order valence-electron chi connectivity index (χ3n) is 3.61. The highest BCUT2D eigenvalue weighted by molar-refractivity contribution is 6.00. The summed E-state index contributed by atoms with van der Waals surface area (Å²) in [5.41, 5.74) is 10.5. The van der Waals surface area contributed by atoms with Crippen molar-refractivity contribution < 1.29 is 14.4 Å². The van der Waals surface area contributed by atoms with Crippen molar-refractivity contribution in [1.82, 2.24) is 10.2 Å². The van der Waals surface area contributed by atoms with Crippen molar-refractivity contribution in [1.29, 1.82) is 0 Å². The number of imide groups is 1. The van der Waals surface area contributed by atoms with Crippen molar-refractivity contribution in [3.05, 3.63) is 0 Å². The highest BCUT2D eigenvalue weighted by Gasteiger charge is 2.34. The minimum Gasteiger partial charge on any atom is -0.370 e. The molecular formula is C14H25N5O3. The Morgan fingerprint density at radius 1 is 1.45 bits per heavy atom. The lowest BCUT2D eigenvalue weighted by Crippen LogP contribution is -2.52. The van der Waals surface area contributed by atoms with Gasteiger partial charge in [0, 0.05) is 13.0 Å². The van der Waals surface area contributed by atoms with Crippen LogP contribution in [0.2, 0.25) is 0 Å². The van der Waals surface area contributed by atoms with Crippen LogP contribution in [-0.2, 0) is 14.4 Å². The van der Waals surface area contributed by atoms with Crippen LogP contribution in [0.5, 0.6) is 0 Å². The largest absolute Gasteiger partial charge is 0.370 e. The van der Waals surface area contributed by atoms with Crippen LogP contribution >= 0.6 is 0 Å². The first kappa shape index (κ1) is 18.1. The molecule has 0 bridgehead atoms. The van der Waals surface area contributed by atoms with Gasteiger partial charge in [-0.1, -0.05) is 6.92 Å². The Kier molecular flexibility index (Phi) is 7.51. The lowest BCUT2D eigenvalue weighted by Gasteiger charge is -2.28. The summed E-state index contributed by atoms with van der Waals surface area (Å²) in [4.78, 5) is 40.9. The second kappa shape index (κ2) is 9.14. The standard InChI is InChI=1S/C14H25N5O3/c1-2-12(21)19(13(22)11-6-4-7-17-11)10(9-20)5-3-8-18-14(15)16/h9-11,17H,2-8H2,1H3,(H4,15,16,18)/t10-,11-/m0/s1. The molecule has 2 amide bonds. The van der Waals surface area contributed by atoms with Crippen molar-refractivity contribution in [2.24, 2.45) is 16.5 Å². The van der Waals surface area contributed by atoms with Crippen LogP contribution in [0.1, 0.15) is 39.0 Å². The molecule has 1 aliphatic rings. The average Bonchev–Trinajstić information content (AvgIpc) is 3.03. The number of rotatable bonds is 8. The molecule has 1 saturated heterocycles. The lowest BCUT2D eigenvalue weighted by molar-refractivity contribution is -0.150. The third kappa shape index (κ3) is 5.10. The molecule has 0 aromatic heterocycles. The molecule has 0 aromatic carbocycles. The zero-order chi connectivity index (χ0) is 16.5. The number of nitrogens with two attached hydrogens (primary N) is 2. The summed E-state index contributed by atoms with van der Waals surface area (Å²) in [7, 11) is 0. The van der Waals surface area contributed by atoms with Crippen LogP contribution < -0.4 is 16.8 Å². The monoisotopic (exact) mass is 311 g/mol. The number of hydrogen-bond acceptors (Lipinski definition) is 5. The van der Waals surface area contributed by atoms with Crippen molar-refractivity contribution in [3.63, 3.8) is 0 Å². The van der Waals surface area contributed by atoms with E-state index in [0.29, 0.717) is 32.1 Å². The normalized spacial score (nSPS) is 18.5. The zero-order valence-electron chi connectivity index (χ0n) is 13.0. The Hall–Kier alpha value is -1.96. The van der Waals surface area contributed by atoms with E-state index in [0.717, 1.165) is 17.9 Å². The lowest BCUT2D eigenvalue weighted by atomic mass is 10.1. The van der Waals surface area contributed by atoms with E-state index in [-0.39, 0.29) is 30.2 Å². The van der Waals surface area contributed by atoms with E-state index in [1.54, 1.807) is 6.92 Å². The van der Waals surface area contributed by atoms with E-state index < -0.39 is 6.04 Å². The smallest absolute Gasteiger partial charge is 0.246 e. The molecule has 8 nitrogen and oxygen atoms in total. The van der Waals surface area contributed by atoms with Gasteiger partial charge in [0.05, 0.1) is 12.1 Å². The summed E-state index contributed by atoms with van der Waals surface area (Å²) in [5, 5.41) is 3.06. The number of carbonyl (C=O) groups excluding carboxylic acids is 3. The number of amides is 2. The Balaban J connectivity index is 2.74. The molecule has 22 heavy (non-hydrogen) atoms. The maximum Gasteiger partial charge on any atom is 0.246 e. The number of guanidine groups is 1. The van der Waals surface area contributed by atoms with Gasteiger partial charge < -0.3 is 21.6 Å². The van der Waals surface area contributed by atoms with E-state index in [4.69, 9.17) is 11.5 Å². The van der Waals surface area contributed by atoms with Crippen molar-refractivity contribution in [2.75, 3.05) is 13.1 Å². The Labute approximate surface area is 130 Å². The number of aliphatic imine (C=N–C) groups is 1. The Morgan fingerprint density at radius 3 is 2.68 bits per heavy atom. The molecule has 124 valence electrons. The van der Waals surface area contributed by atoms with Gasteiger partial charge >= 0.3 is 0 Å². The van der Waals surface area contributed by atoms with Crippen LogP contribution in [-0.4, -0.2) is 54.1 Å². The van der Waals surface area contributed by atoms with Gasteiger partial charge in [-0.3, -0.25) is 19.5 Å². The summed E-state index contributed by atoms with van der Waals surface area (Å²) < 4.78 is 0. The Morgan fingerprint density at radius 2 is 2.18 bits per heavy atom. The first-order chi connectivity index (χ1) is 10.5. The molecule has 0 spiro atoms. The number of nitrogens with one attached hydrogen (secondary N) is 1.